The van der Waals surface area contributed by atoms with Gasteiger partial charge >= 0.3 is 0 Å². The van der Waals surface area contributed by atoms with E-state index in [9.17, 15) is 18.0 Å². The molecule has 2 N–H and O–H groups in total. The summed E-state index contributed by atoms with van der Waals surface area (Å²) in [7, 11) is -3.87. The second-order valence-electron chi connectivity index (χ2n) is 9.61. The summed E-state index contributed by atoms with van der Waals surface area (Å²) in [5.41, 5.74) is 2.65. The van der Waals surface area contributed by atoms with Crippen molar-refractivity contribution in [3.63, 3.8) is 0 Å². The van der Waals surface area contributed by atoms with E-state index in [0.29, 0.717) is 34.4 Å². The van der Waals surface area contributed by atoms with Crippen LogP contribution in [0.1, 0.15) is 11.1 Å². The number of aryl methyl sites for hydroxylation is 1. The molecule has 9 nitrogen and oxygen atoms in total. The van der Waals surface area contributed by atoms with Crippen molar-refractivity contribution in [1.82, 2.24) is 5.32 Å². The van der Waals surface area contributed by atoms with Crippen LogP contribution in [0.3, 0.4) is 0 Å². The predicted octanol–water partition coefficient (Wildman–Crippen LogP) is 4.94. The molecular weight excluding hydrogens is 578 g/mol. The molecule has 1 unspecified atom stereocenters. The Balaban J connectivity index is 1.22. The van der Waals surface area contributed by atoms with Gasteiger partial charge < -0.3 is 19.7 Å². The van der Waals surface area contributed by atoms with Crippen LogP contribution < -0.4 is 24.4 Å². The van der Waals surface area contributed by atoms with E-state index in [4.69, 9.17) is 21.1 Å². The van der Waals surface area contributed by atoms with Crippen molar-refractivity contribution in [2.24, 2.45) is 0 Å². The number of halogens is 1. The molecule has 0 radical (unpaired) electrons. The quantitative estimate of drug-likeness (QED) is 0.279. The summed E-state index contributed by atoms with van der Waals surface area (Å²) in [6.45, 7) is 1.83. The lowest BCUT2D eigenvalue weighted by atomic mass is 10.1. The van der Waals surface area contributed by atoms with Crippen LogP contribution >= 0.6 is 11.6 Å². The Labute approximate surface area is 249 Å². The first-order valence-corrected chi connectivity index (χ1v) is 15.0. The van der Waals surface area contributed by atoms with Gasteiger partial charge in [0, 0.05) is 11.6 Å². The predicted molar refractivity (Wildman–Crippen MR) is 160 cm³/mol. The molecule has 0 fully saturated rings. The first-order chi connectivity index (χ1) is 20.2. The number of benzene rings is 4. The van der Waals surface area contributed by atoms with Gasteiger partial charge in [0.1, 0.15) is 11.5 Å². The number of nitrogens with one attached hydrogen (secondary N) is 2. The van der Waals surface area contributed by atoms with Crippen molar-refractivity contribution in [2.75, 3.05) is 22.8 Å². The number of carbonyl (C=O) groups excluding carboxylic acids is 2. The molecule has 0 aromatic heterocycles. The van der Waals surface area contributed by atoms with Crippen molar-refractivity contribution < 1.29 is 27.5 Å². The minimum absolute atomic E-state index is 0.00566. The fraction of sp³-hybridized carbons (Fsp3) is 0.161. The largest absolute Gasteiger partial charge is 0.484 e. The molecule has 0 saturated heterocycles. The topological polar surface area (TPSA) is 114 Å². The van der Waals surface area contributed by atoms with Crippen LogP contribution in [0.5, 0.6) is 11.5 Å². The number of rotatable bonds is 9. The van der Waals surface area contributed by atoms with E-state index in [2.05, 4.69) is 10.0 Å². The molecule has 0 aliphatic carbocycles. The van der Waals surface area contributed by atoms with E-state index in [1.54, 1.807) is 42.5 Å². The van der Waals surface area contributed by atoms with Crippen LogP contribution in [0.2, 0.25) is 5.02 Å². The Morgan fingerprint density at radius 3 is 2.43 bits per heavy atom. The van der Waals surface area contributed by atoms with Gasteiger partial charge in [-0.1, -0.05) is 60.1 Å². The Morgan fingerprint density at radius 1 is 0.976 bits per heavy atom. The van der Waals surface area contributed by atoms with Crippen LogP contribution in [0.25, 0.3) is 0 Å². The second-order valence-corrected chi connectivity index (χ2v) is 11.7. The lowest BCUT2D eigenvalue weighted by molar-refractivity contribution is -0.128. The number of para-hydroxylation sites is 2. The Hall–Kier alpha value is -4.54. The molecule has 2 amide bonds. The molecule has 0 saturated carbocycles. The third-order valence-electron chi connectivity index (χ3n) is 6.60. The molecule has 216 valence electrons. The highest BCUT2D eigenvalue weighted by Gasteiger charge is 2.33. The van der Waals surface area contributed by atoms with Gasteiger partial charge in [-0.25, -0.2) is 8.42 Å². The number of anilines is 2. The Bertz CT molecular complexity index is 1700. The van der Waals surface area contributed by atoms with Gasteiger partial charge in [-0.3, -0.25) is 14.3 Å². The van der Waals surface area contributed by atoms with E-state index in [0.717, 1.165) is 11.1 Å². The van der Waals surface area contributed by atoms with Gasteiger partial charge in [0.25, 0.3) is 21.8 Å². The van der Waals surface area contributed by atoms with Crippen LogP contribution in [-0.4, -0.2) is 39.5 Å². The molecule has 1 heterocycles. The summed E-state index contributed by atoms with van der Waals surface area (Å²) in [5.74, 6) is -0.0140. The highest BCUT2D eigenvalue weighted by molar-refractivity contribution is 7.92. The Kier molecular flexibility index (Phi) is 8.65. The molecule has 1 aliphatic heterocycles. The van der Waals surface area contributed by atoms with Gasteiger partial charge in [-0.05, 0) is 66.6 Å². The third kappa shape index (κ3) is 6.84. The highest BCUT2D eigenvalue weighted by atomic mass is 35.5. The first-order valence-electron chi connectivity index (χ1n) is 13.1. The van der Waals surface area contributed by atoms with Gasteiger partial charge in [-0.2, -0.15) is 0 Å². The third-order valence-corrected chi connectivity index (χ3v) is 8.40. The van der Waals surface area contributed by atoms with Crippen LogP contribution in [0.15, 0.2) is 102 Å². The lowest BCUT2D eigenvalue weighted by Gasteiger charge is -2.34. The number of ether oxygens (including phenoxy) is 2. The molecule has 0 bridgehead atoms. The second kappa shape index (κ2) is 12.5. The minimum Gasteiger partial charge on any atom is -0.484 e. The molecule has 0 spiro atoms. The van der Waals surface area contributed by atoms with Crippen molar-refractivity contribution in [3.8, 4) is 11.5 Å². The van der Waals surface area contributed by atoms with Gasteiger partial charge in [0.2, 0.25) is 0 Å². The maximum atomic E-state index is 13.3. The summed E-state index contributed by atoms with van der Waals surface area (Å²) in [6, 6.07) is 27.1. The summed E-state index contributed by atoms with van der Waals surface area (Å²) >= 11 is 6.11. The molecule has 5 rings (SSSR count). The first kappa shape index (κ1) is 29.0. The standard InChI is InChI=1S/C31H28ClN3O6S/c1-21-11-12-23(17-26(21)32)34-42(38,39)25-15-13-24(14-16-25)40-20-30(36)35-19-29(41-28-10-6-5-9-27(28)35)31(37)33-18-22-7-3-2-4-8-22/h2-17,29,34H,18-20H2,1H3,(H,33,37). The number of amides is 2. The summed E-state index contributed by atoms with van der Waals surface area (Å²) < 4.78 is 39.7. The number of hydrogen-bond acceptors (Lipinski definition) is 6. The monoisotopic (exact) mass is 605 g/mol. The zero-order valence-corrected chi connectivity index (χ0v) is 24.2. The molecular formula is C31H28ClN3O6S. The van der Waals surface area contributed by atoms with Gasteiger partial charge in [0.05, 0.1) is 22.8 Å². The summed E-state index contributed by atoms with van der Waals surface area (Å²) in [5, 5.41) is 3.31. The van der Waals surface area contributed by atoms with E-state index in [1.807, 2.05) is 37.3 Å². The SMILES string of the molecule is Cc1ccc(NS(=O)(=O)c2ccc(OCC(=O)N3CC(C(=O)NCc4ccccc4)Oc4ccccc43)cc2)cc1Cl. The molecule has 1 atom stereocenters. The maximum absolute atomic E-state index is 13.3. The fourth-order valence-corrected chi connectivity index (χ4v) is 5.54. The highest BCUT2D eigenvalue weighted by Crippen LogP contribution is 2.33. The smallest absolute Gasteiger partial charge is 0.265 e. The maximum Gasteiger partial charge on any atom is 0.265 e. The van der Waals surface area contributed by atoms with Crippen molar-refractivity contribution in [1.29, 1.82) is 0 Å². The molecule has 4 aromatic carbocycles. The zero-order valence-electron chi connectivity index (χ0n) is 22.6. The normalized spacial score (nSPS) is 14.3. The minimum atomic E-state index is -3.87. The summed E-state index contributed by atoms with van der Waals surface area (Å²) in [6.07, 6.45) is -0.909. The van der Waals surface area contributed by atoms with E-state index in [-0.39, 0.29) is 29.9 Å². The van der Waals surface area contributed by atoms with Gasteiger partial charge in [-0.15, -0.1) is 0 Å². The zero-order chi connectivity index (χ0) is 29.7. The number of nitrogens with zero attached hydrogens (tertiary/aromatic N) is 1. The molecule has 4 aromatic rings. The number of fused-ring (bicyclic) bond motifs is 1. The molecule has 1 aliphatic rings. The Morgan fingerprint density at radius 2 is 1.69 bits per heavy atom. The average molecular weight is 606 g/mol. The van der Waals surface area contributed by atoms with Crippen molar-refractivity contribution in [3.05, 3.63) is 113 Å². The van der Waals surface area contributed by atoms with Crippen LogP contribution in [-0.2, 0) is 26.2 Å². The van der Waals surface area contributed by atoms with Gasteiger partial charge in [0.15, 0.2) is 12.7 Å². The molecule has 11 heteroatoms. The van der Waals surface area contributed by atoms with E-state index >= 15 is 0 Å². The average Bonchev–Trinajstić information content (AvgIpc) is 3.00. The van der Waals surface area contributed by atoms with Crippen molar-refractivity contribution >= 4 is 44.8 Å². The van der Waals surface area contributed by atoms with Crippen LogP contribution in [0, 0.1) is 6.92 Å². The number of hydrogen-bond donors (Lipinski definition) is 2. The fourth-order valence-electron chi connectivity index (χ4n) is 4.31. The number of carbonyl (C=O) groups is 2. The van der Waals surface area contributed by atoms with Crippen molar-refractivity contribution in [2.45, 2.75) is 24.5 Å². The van der Waals surface area contributed by atoms with Crippen LogP contribution in [0.4, 0.5) is 11.4 Å². The summed E-state index contributed by atoms with van der Waals surface area (Å²) in [4.78, 5) is 27.7. The molecule has 42 heavy (non-hydrogen) atoms. The lowest BCUT2D eigenvalue weighted by Crippen LogP contribution is -2.51. The van der Waals surface area contributed by atoms with E-state index in [1.165, 1.54) is 29.2 Å². The van der Waals surface area contributed by atoms with E-state index < -0.39 is 16.1 Å². The number of sulfonamides is 1.